The third kappa shape index (κ3) is 4.77. The van der Waals surface area contributed by atoms with E-state index in [1.165, 1.54) is 5.56 Å². The van der Waals surface area contributed by atoms with Crippen LogP contribution in [0.2, 0.25) is 0 Å². The topological polar surface area (TPSA) is 35.5 Å². The Kier molecular flexibility index (Phi) is 6.33. The summed E-state index contributed by atoms with van der Waals surface area (Å²) in [5.74, 6) is 0. The summed E-state index contributed by atoms with van der Waals surface area (Å²) in [7, 11) is 4.11. The van der Waals surface area contributed by atoms with Gasteiger partial charge in [-0.05, 0) is 33.0 Å². The summed E-state index contributed by atoms with van der Waals surface area (Å²) in [6.07, 6.45) is 0.486. The van der Waals surface area contributed by atoms with Crippen molar-refractivity contribution >= 4 is 0 Å². The van der Waals surface area contributed by atoms with Gasteiger partial charge in [0.25, 0.3) is 0 Å². The van der Waals surface area contributed by atoms with Crippen molar-refractivity contribution in [2.45, 2.75) is 32.4 Å². The molecule has 102 valence electrons. The molecule has 0 saturated heterocycles. The minimum atomic E-state index is -0.433. The number of rotatable bonds is 7. The second-order valence-electron chi connectivity index (χ2n) is 5.13. The third-order valence-electron chi connectivity index (χ3n) is 3.21. The van der Waals surface area contributed by atoms with Crippen molar-refractivity contribution < 1.29 is 5.11 Å². The van der Waals surface area contributed by atoms with E-state index in [0.29, 0.717) is 0 Å². The second-order valence-corrected chi connectivity index (χ2v) is 5.13. The van der Waals surface area contributed by atoms with Crippen LogP contribution in [0.4, 0.5) is 0 Å². The Morgan fingerprint density at radius 3 is 2.33 bits per heavy atom. The predicted octanol–water partition coefficient (Wildman–Crippen LogP) is 1.96. The smallest absolute Gasteiger partial charge is 0.0942 e. The van der Waals surface area contributed by atoms with Crippen LogP contribution in [0.1, 0.15) is 30.6 Å². The molecule has 3 heteroatoms. The Balaban J connectivity index is 2.55. The molecular weight excluding hydrogens is 224 g/mol. The van der Waals surface area contributed by atoms with Crippen LogP contribution in [-0.2, 0) is 0 Å². The zero-order chi connectivity index (χ0) is 13.5. The first kappa shape index (κ1) is 15.2. The average molecular weight is 250 g/mol. The highest BCUT2D eigenvalue weighted by Crippen LogP contribution is 2.19. The number of nitrogens with zero attached hydrogens (tertiary/aromatic N) is 1. The first-order valence-corrected chi connectivity index (χ1v) is 6.67. The summed E-state index contributed by atoms with van der Waals surface area (Å²) >= 11 is 0. The van der Waals surface area contributed by atoms with E-state index in [4.69, 9.17) is 0 Å². The van der Waals surface area contributed by atoms with Crippen molar-refractivity contribution in [3.8, 4) is 0 Å². The lowest BCUT2D eigenvalue weighted by atomic mass is 9.99. The summed E-state index contributed by atoms with van der Waals surface area (Å²) in [6, 6.07) is 8.23. The SMILES string of the molecule is CCC(NCCN(C)C)C(O)c1ccc(C)cc1. The number of hydrogen-bond donors (Lipinski definition) is 2. The Bertz CT molecular complexity index is 335. The van der Waals surface area contributed by atoms with Gasteiger partial charge in [0.05, 0.1) is 6.10 Å². The molecule has 18 heavy (non-hydrogen) atoms. The summed E-state index contributed by atoms with van der Waals surface area (Å²) in [6.45, 7) is 6.04. The van der Waals surface area contributed by atoms with Gasteiger partial charge in [-0.25, -0.2) is 0 Å². The van der Waals surface area contributed by atoms with Crippen LogP contribution in [0.3, 0.4) is 0 Å². The van der Waals surface area contributed by atoms with Gasteiger partial charge in [0.1, 0.15) is 0 Å². The van der Waals surface area contributed by atoms with E-state index in [9.17, 15) is 5.11 Å². The van der Waals surface area contributed by atoms with Gasteiger partial charge in [0, 0.05) is 19.1 Å². The number of aliphatic hydroxyl groups is 1. The lowest BCUT2D eigenvalue weighted by molar-refractivity contribution is 0.125. The molecule has 1 rings (SSSR count). The van der Waals surface area contributed by atoms with Crippen LogP contribution in [0.25, 0.3) is 0 Å². The molecule has 0 spiro atoms. The maximum absolute atomic E-state index is 10.4. The Labute approximate surface area is 111 Å². The number of hydrogen-bond acceptors (Lipinski definition) is 3. The van der Waals surface area contributed by atoms with E-state index in [-0.39, 0.29) is 6.04 Å². The van der Waals surface area contributed by atoms with Crippen molar-refractivity contribution in [3.05, 3.63) is 35.4 Å². The van der Waals surface area contributed by atoms with Crippen LogP contribution in [-0.4, -0.2) is 43.2 Å². The van der Waals surface area contributed by atoms with Gasteiger partial charge in [-0.3, -0.25) is 0 Å². The number of likely N-dealkylation sites (N-methyl/N-ethyl adjacent to an activating group) is 1. The molecule has 0 aliphatic carbocycles. The molecule has 1 aromatic carbocycles. The van der Waals surface area contributed by atoms with Crippen molar-refractivity contribution in [3.63, 3.8) is 0 Å². The lowest BCUT2D eigenvalue weighted by Crippen LogP contribution is -2.38. The van der Waals surface area contributed by atoms with Gasteiger partial charge in [-0.1, -0.05) is 36.8 Å². The third-order valence-corrected chi connectivity index (χ3v) is 3.21. The van der Waals surface area contributed by atoms with Crippen molar-refractivity contribution in [2.24, 2.45) is 0 Å². The van der Waals surface area contributed by atoms with E-state index in [2.05, 4.69) is 38.2 Å². The highest BCUT2D eigenvalue weighted by molar-refractivity contribution is 5.24. The minimum absolute atomic E-state index is 0.118. The molecule has 0 saturated carbocycles. The Morgan fingerprint density at radius 1 is 1.22 bits per heavy atom. The monoisotopic (exact) mass is 250 g/mol. The molecule has 0 aliphatic rings. The number of aliphatic hydroxyl groups excluding tert-OH is 1. The Hall–Kier alpha value is -0.900. The fourth-order valence-electron chi connectivity index (χ4n) is 1.95. The quantitative estimate of drug-likeness (QED) is 0.776. The molecule has 2 N–H and O–H groups in total. The van der Waals surface area contributed by atoms with Crippen LogP contribution in [0, 0.1) is 6.92 Å². The molecule has 0 aliphatic heterocycles. The number of aryl methyl sites for hydroxylation is 1. The lowest BCUT2D eigenvalue weighted by Gasteiger charge is -2.24. The highest BCUT2D eigenvalue weighted by Gasteiger charge is 2.18. The summed E-state index contributed by atoms with van der Waals surface area (Å²) in [4.78, 5) is 2.14. The zero-order valence-electron chi connectivity index (χ0n) is 12.0. The number of benzene rings is 1. The normalized spacial score (nSPS) is 14.8. The molecule has 0 heterocycles. The summed E-state index contributed by atoms with van der Waals surface area (Å²) < 4.78 is 0. The maximum atomic E-state index is 10.4. The van der Waals surface area contributed by atoms with E-state index >= 15 is 0 Å². The summed E-state index contributed by atoms with van der Waals surface area (Å²) in [5.41, 5.74) is 2.21. The van der Waals surface area contributed by atoms with E-state index in [0.717, 1.165) is 25.1 Å². The zero-order valence-corrected chi connectivity index (χ0v) is 12.0. The Morgan fingerprint density at radius 2 is 1.83 bits per heavy atom. The molecule has 2 atom stereocenters. The number of nitrogens with one attached hydrogen (secondary N) is 1. The van der Waals surface area contributed by atoms with E-state index < -0.39 is 6.10 Å². The molecule has 0 aromatic heterocycles. The minimum Gasteiger partial charge on any atom is -0.387 e. The van der Waals surface area contributed by atoms with Gasteiger partial charge in [-0.15, -0.1) is 0 Å². The van der Waals surface area contributed by atoms with Crippen molar-refractivity contribution in [1.29, 1.82) is 0 Å². The molecular formula is C15H26N2O. The van der Waals surface area contributed by atoms with Crippen LogP contribution >= 0.6 is 0 Å². The highest BCUT2D eigenvalue weighted by atomic mass is 16.3. The van der Waals surface area contributed by atoms with E-state index in [1.807, 2.05) is 24.3 Å². The molecule has 3 nitrogen and oxygen atoms in total. The van der Waals surface area contributed by atoms with Gasteiger partial charge < -0.3 is 15.3 Å². The van der Waals surface area contributed by atoms with Crippen LogP contribution < -0.4 is 5.32 Å². The molecule has 0 fully saturated rings. The predicted molar refractivity (Wildman–Crippen MR) is 76.8 cm³/mol. The second kappa shape index (κ2) is 7.52. The molecule has 0 bridgehead atoms. The average Bonchev–Trinajstić information content (AvgIpc) is 2.34. The van der Waals surface area contributed by atoms with Crippen molar-refractivity contribution in [1.82, 2.24) is 10.2 Å². The van der Waals surface area contributed by atoms with Gasteiger partial charge in [-0.2, -0.15) is 0 Å². The molecule has 0 amide bonds. The van der Waals surface area contributed by atoms with Gasteiger partial charge in [0.15, 0.2) is 0 Å². The molecule has 0 radical (unpaired) electrons. The molecule has 1 aromatic rings. The first-order chi connectivity index (χ1) is 8.54. The largest absolute Gasteiger partial charge is 0.387 e. The summed E-state index contributed by atoms with van der Waals surface area (Å²) in [5, 5.41) is 13.8. The van der Waals surface area contributed by atoms with Gasteiger partial charge in [0.2, 0.25) is 0 Å². The maximum Gasteiger partial charge on any atom is 0.0942 e. The van der Waals surface area contributed by atoms with E-state index in [1.54, 1.807) is 0 Å². The molecule has 2 unspecified atom stereocenters. The first-order valence-electron chi connectivity index (χ1n) is 6.67. The van der Waals surface area contributed by atoms with Crippen LogP contribution in [0.15, 0.2) is 24.3 Å². The fourth-order valence-corrected chi connectivity index (χ4v) is 1.95. The van der Waals surface area contributed by atoms with Gasteiger partial charge >= 0.3 is 0 Å². The standard InChI is InChI=1S/C15H26N2O/c1-5-14(16-10-11-17(3)4)15(18)13-8-6-12(2)7-9-13/h6-9,14-16,18H,5,10-11H2,1-4H3. The van der Waals surface area contributed by atoms with Crippen molar-refractivity contribution in [2.75, 3.05) is 27.2 Å². The fraction of sp³-hybridized carbons (Fsp3) is 0.600. The van der Waals surface area contributed by atoms with Crippen LogP contribution in [0.5, 0.6) is 0 Å².